The molecule has 2 aliphatic heterocycles. The number of carbonyl (C=O) groups excluding carboxylic acids is 1. The van der Waals surface area contributed by atoms with Gasteiger partial charge in [0, 0.05) is 27.2 Å². The van der Waals surface area contributed by atoms with Gasteiger partial charge in [0.2, 0.25) is 5.91 Å². The third-order valence-electron chi connectivity index (χ3n) is 5.61. The summed E-state index contributed by atoms with van der Waals surface area (Å²) in [5.41, 5.74) is 1.46. The Morgan fingerprint density at radius 2 is 1.91 bits per heavy atom. The normalized spacial score (nSPS) is 25.0. The van der Waals surface area contributed by atoms with Crippen LogP contribution in [0.15, 0.2) is 30.3 Å². The van der Waals surface area contributed by atoms with E-state index in [1.54, 1.807) is 7.11 Å². The van der Waals surface area contributed by atoms with Crippen molar-refractivity contribution in [1.82, 2.24) is 9.80 Å². The van der Waals surface area contributed by atoms with Crippen molar-refractivity contribution in [3.63, 3.8) is 0 Å². The van der Waals surface area contributed by atoms with Crippen LogP contribution in [0.25, 0.3) is 0 Å². The van der Waals surface area contributed by atoms with Crippen molar-refractivity contribution in [2.45, 2.75) is 25.2 Å². The van der Waals surface area contributed by atoms with Crippen LogP contribution in [-0.2, 0) is 9.53 Å². The van der Waals surface area contributed by atoms with Crippen LogP contribution >= 0.6 is 0 Å². The monoisotopic (exact) mass is 316 g/mol. The number of piperidine rings is 2. The molecule has 1 atom stereocenters. The summed E-state index contributed by atoms with van der Waals surface area (Å²) in [4.78, 5) is 17.1. The van der Waals surface area contributed by atoms with Gasteiger partial charge in [0.25, 0.3) is 0 Å². The minimum absolute atomic E-state index is 0.0282. The van der Waals surface area contributed by atoms with Crippen molar-refractivity contribution in [3.05, 3.63) is 35.9 Å². The molecular formula is C19H28N2O2. The van der Waals surface area contributed by atoms with E-state index in [4.69, 9.17) is 4.74 Å². The fraction of sp³-hybridized carbons (Fsp3) is 0.632. The van der Waals surface area contributed by atoms with Gasteiger partial charge in [-0.1, -0.05) is 30.3 Å². The number of likely N-dealkylation sites (N-methyl/N-ethyl adjacent to an activating group) is 1. The van der Waals surface area contributed by atoms with Crippen molar-refractivity contribution in [2.24, 2.45) is 5.41 Å². The predicted molar refractivity (Wildman–Crippen MR) is 91.4 cm³/mol. The van der Waals surface area contributed by atoms with Gasteiger partial charge in [0.15, 0.2) is 0 Å². The molecule has 0 radical (unpaired) electrons. The minimum Gasteiger partial charge on any atom is -0.383 e. The largest absolute Gasteiger partial charge is 0.383 e. The van der Waals surface area contributed by atoms with Crippen molar-refractivity contribution >= 4 is 5.91 Å². The Labute approximate surface area is 139 Å². The lowest BCUT2D eigenvalue weighted by Crippen LogP contribution is -2.53. The number of hydrogen-bond acceptors (Lipinski definition) is 3. The molecule has 2 fully saturated rings. The maximum Gasteiger partial charge on any atom is 0.229 e. The molecule has 0 saturated carbocycles. The Morgan fingerprint density at radius 3 is 2.57 bits per heavy atom. The van der Waals surface area contributed by atoms with Gasteiger partial charge in [-0.05, 0) is 43.3 Å². The molecule has 1 spiro atoms. The number of methoxy groups -OCH3 is 1. The van der Waals surface area contributed by atoms with E-state index >= 15 is 0 Å². The SMILES string of the molecule is COCCN1CCC2(CC1)CC(c1ccccc1)C(=O)N(C)C2. The molecule has 4 nitrogen and oxygen atoms in total. The van der Waals surface area contributed by atoms with Gasteiger partial charge in [-0.2, -0.15) is 0 Å². The van der Waals surface area contributed by atoms with E-state index in [1.807, 2.05) is 30.1 Å². The summed E-state index contributed by atoms with van der Waals surface area (Å²) in [5.74, 6) is 0.309. The summed E-state index contributed by atoms with van der Waals surface area (Å²) >= 11 is 0. The molecule has 4 heteroatoms. The van der Waals surface area contributed by atoms with E-state index in [0.717, 1.165) is 39.2 Å². The van der Waals surface area contributed by atoms with E-state index in [1.165, 1.54) is 18.4 Å². The second-order valence-corrected chi connectivity index (χ2v) is 7.20. The van der Waals surface area contributed by atoms with E-state index in [9.17, 15) is 4.79 Å². The molecule has 2 heterocycles. The lowest BCUT2D eigenvalue weighted by atomic mass is 9.68. The van der Waals surface area contributed by atoms with Crippen LogP contribution in [-0.4, -0.2) is 62.7 Å². The van der Waals surface area contributed by atoms with Crippen molar-refractivity contribution < 1.29 is 9.53 Å². The molecule has 1 unspecified atom stereocenters. The topological polar surface area (TPSA) is 32.8 Å². The standard InChI is InChI=1S/C19H28N2O2/c1-20-15-19(8-10-21(11-9-19)12-13-23-2)14-17(18(20)22)16-6-4-3-5-7-16/h3-7,17H,8-15H2,1-2H3. The summed E-state index contributed by atoms with van der Waals surface area (Å²) in [7, 11) is 3.73. The van der Waals surface area contributed by atoms with Crippen LogP contribution < -0.4 is 0 Å². The number of nitrogens with zero attached hydrogens (tertiary/aromatic N) is 2. The Hall–Kier alpha value is -1.39. The molecule has 23 heavy (non-hydrogen) atoms. The van der Waals surface area contributed by atoms with Crippen molar-refractivity contribution in [3.8, 4) is 0 Å². The first-order valence-corrected chi connectivity index (χ1v) is 8.65. The Bertz CT molecular complexity index is 523. The average molecular weight is 316 g/mol. The summed E-state index contributed by atoms with van der Waals surface area (Å²) < 4.78 is 5.19. The van der Waals surface area contributed by atoms with Gasteiger partial charge in [-0.15, -0.1) is 0 Å². The van der Waals surface area contributed by atoms with Crippen LogP contribution in [0.4, 0.5) is 0 Å². The molecule has 126 valence electrons. The van der Waals surface area contributed by atoms with Crippen LogP contribution in [0, 0.1) is 5.41 Å². The quantitative estimate of drug-likeness (QED) is 0.855. The molecule has 0 bridgehead atoms. The van der Waals surface area contributed by atoms with Crippen LogP contribution in [0.2, 0.25) is 0 Å². The maximum atomic E-state index is 12.7. The number of carbonyl (C=O) groups is 1. The zero-order chi connectivity index (χ0) is 16.3. The highest BCUT2D eigenvalue weighted by atomic mass is 16.5. The van der Waals surface area contributed by atoms with Gasteiger partial charge >= 0.3 is 0 Å². The highest BCUT2D eigenvalue weighted by Gasteiger charge is 2.44. The van der Waals surface area contributed by atoms with Crippen LogP contribution in [0.1, 0.15) is 30.7 Å². The number of likely N-dealkylation sites (tertiary alicyclic amines) is 2. The van der Waals surface area contributed by atoms with Crippen LogP contribution in [0.3, 0.4) is 0 Å². The molecule has 1 amide bonds. The van der Waals surface area contributed by atoms with Gasteiger partial charge in [0.1, 0.15) is 0 Å². The Morgan fingerprint density at radius 1 is 1.22 bits per heavy atom. The van der Waals surface area contributed by atoms with E-state index < -0.39 is 0 Å². The lowest BCUT2D eigenvalue weighted by molar-refractivity contribution is -0.139. The third-order valence-corrected chi connectivity index (χ3v) is 5.61. The highest BCUT2D eigenvalue weighted by Crippen LogP contribution is 2.45. The number of rotatable bonds is 4. The first kappa shape index (κ1) is 16.5. The third kappa shape index (κ3) is 3.59. The number of benzene rings is 1. The first-order valence-electron chi connectivity index (χ1n) is 8.65. The van der Waals surface area contributed by atoms with Gasteiger partial charge < -0.3 is 14.5 Å². The zero-order valence-electron chi connectivity index (χ0n) is 14.3. The predicted octanol–water partition coefficient (Wildman–Crippen LogP) is 2.36. The van der Waals surface area contributed by atoms with E-state index in [-0.39, 0.29) is 17.2 Å². The molecule has 1 aromatic carbocycles. The average Bonchev–Trinajstić information content (AvgIpc) is 2.59. The second-order valence-electron chi connectivity index (χ2n) is 7.20. The van der Waals surface area contributed by atoms with Crippen molar-refractivity contribution in [1.29, 1.82) is 0 Å². The zero-order valence-corrected chi connectivity index (χ0v) is 14.3. The maximum absolute atomic E-state index is 12.7. The summed E-state index contributed by atoms with van der Waals surface area (Å²) in [6.45, 7) is 4.97. The molecule has 0 aliphatic carbocycles. The summed E-state index contributed by atoms with van der Waals surface area (Å²) in [5, 5.41) is 0. The number of amides is 1. The Kier molecular flexibility index (Phi) is 5.02. The number of hydrogen-bond donors (Lipinski definition) is 0. The van der Waals surface area contributed by atoms with Gasteiger partial charge in [0.05, 0.1) is 12.5 Å². The molecule has 3 rings (SSSR count). The summed E-state index contributed by atoms with van der Waals surface area (Å²) in [6, 6.07) is 10.3. The molecule has 2 aliphatic rings. The van der Waals surface area contributed by atoms with Gasteiger partial charge in [-0.3, -0.25) is 4.79 Å². The molecule has 0 N–H and O–H groups in total. The summed E-state index contributed by atoms with van der Waals surface area (Å²) in [6.07, 6.45) is 3.35. The fourth-order valence-corrected chi connectivity index (χ4v) is 4.21. The minimum atomic E-state index is 0.0282. The molecule has 2 saturated heterocycles. The Balaban J connectivity index is 1.71. The van der Waals surface area contributed by atoms with Gasteiger partial charge in [-0.25, -0.2) is 0 Å². The smallest absolute Gasteiger partial charge is 0.229 e. The van der Waals surface area contributed by atoms with E-state index in [0.29, 0.717) is 0 Å². The highest BCUT2D eigenvalue weighted by molar-refractivity contribution is 5.84. The molecular weight excluding hydrogens is 288 g/mol. The first-order chi connectivity index (χ1) is 11.1. The molecule has 0 aromatic heterocycles. The van der Waals surface area contributed by atoms with E-state index in [2.05, 4.69) is 17.0 Å². The van der Waals surface area contributed by atoms with Crippen molar-refractivity contribution in [2.75, 3.05) is 46.9 Å². The second kappa shape index (κ2) is 7.02. The fourth-order valence-electron chi connectivity index (χ4n) is 4.21. The van der Waals surface area contributed by atoms with Crippen LogP contribution in [0.5, 0.6) is 0 Å². The number of ether oxygens (including phenoxy) is 1. The molecule has 1 aromatic rings. The lowest BCUT2D eigenvalue weighted by Gasteiger charge is -2.49.